The average Bonchev–Trinajstić information content (AvgIpc) is 2.94. The van der Waals surface area contributed by atoms with Crippen molar-refractivity contribution in [3.8, 4) is 0 Å². The highest BCUT2D eigenvalue weighted by molar-refractivity contribution is 7.91. The molecule has 0 radical (unpaired) electrons. The van der Waals surface area contributed by atoms with Crippen LogP contribution in [0.1, 0.15) is 42.1 Å². The first-order valence-corrected chi connectivity index (χ1v) is 10.5. The minimum absolute atomic E-state index is 0.120. The molecule has 7 heteroatoms. The number of benzene rings is 1. The van der Waals surface area contributed by atoms with E-state index in [9.17, 15) is 13.2 Å². The number of anilines is 2. The highest BCUT2D eigenvalue weighted by Crippen LogP contribution is 2.24. The Morgan fingerprint density at radius 2 is 1.96 bits per heavy atom. The Hall–Kier alpha value is -2.41. The summed E-state index contributed by atoms with van der Waals surface area (Å²) in [5, 5.41) is 6.05. The number of amides is 1. The molecule has 0 bridgehead atoms. The third-order valence-corrected chi connectivity index (χ3v) is 6.21. The van der Waals surface area contributed by atoms with Crippen molar-refractivity contribution in [1.82, 2.24) is 4.98 Å². The van der Waals surface area contributed by atoms with Crippen LogP contribution in [0.25, 0.3) is 0 Å². The third-order valence-electron chi connectivity index (χ3n) is 4.44. The van der Waals surface area contributed by atoms with E-state index >= 15 is 0 Å². The maximum Gasteiger partial charge on any atom is 0.257 e. The molecule has 3 rings (SSSR count). The molecular weight excluding hydrogens is 350 g/mol. The summed E-state index contributed by atoms with van der Waals surface area (Å²) in [7, 11) is -2.94. The third kappa shape index (κ3) is 4.40. The molecule has 1 aliphatic heterocycles. The van der Waals surface area contributed by atoms with Crippen molar-refractivity contribution in [2.45, 2.75) is 32.2 Å². The molecule has 0 saturated carbocycles. The van der Waals surface area contributed by atoms with Crippen LogP contribution < -0.4 is 10.6 Å². The lowest BCUT2D eigenvalue weighted by atomic mass is 10.0. The molecule has 138 valence electrons. The van der Waals surface area contributed by atoms with Crippen molar-refractivity contribution in [2.75, 3.05) is 22.1 Å². The Kier molecular flexibility index (Phi) is 5.27. The zero-order chi connectivity index (χ0) is 18.7. The molecule has 26 heavy (non-hydrogen) atoms. The molecule has 1 aromatic carbocycles. The quantitative estimate of drug-likeness (QED) is 0.841. The van der Waals surface area contributed by atoms with E-state index in [1.807, 2.05) is 24.3 Å². The molecule has 0 spiro atoms. The van der Waals surface area contributed by atoms with Crippen LogP contribution in [0.2, 0.25) is 0 Å². The molecule has 1 aromatic heterocycles. The lowest BCUT2D eigenvalue weighted by Crippen LogP contribution is -2.21. The molecule has 6 nitrogen and oxygen atoms in total. The zero-order valence-corrected chi connectivity index (χ0v) is 15.7. The number of carbonyl (C=O) groups is 1. The first-order valence-electron chi connectivity index (χ1n) is 8.67. The smallest absolute Gasteiger partial charge is 0.257 e. The number of hydrogen-bond donors (Lipinski definition) is 2. The normalized spacial score (nSPS) is 18.7. The van der Waals surface area contributed by atoms with E-state index in [0.717, 1.165) is 11.3 Å². The van der Waals surface area contributed by atoms with Crippen molar-refractivity contribution in [2.24, 2.45) is 0 Å². The fraction of sp³-hybridized carbons (Fsp3) is 0.368. The Labute approximate surface area is 154 Å². The highest BCUT2D eigenvalue weighted by Gasteiger charge is 2.27. The molecule has 1 unspecified atom stereocenters. The summed E-state index contributed by atoms with van der Waals surface area (Å²) in [6.45, 7) is 4.16. The van der Waals surface area contributed by atoms with Gasteiger partial charge in [-0.1, -0.05) is 32.0 Å². The Balaban J connectivity index is 1.66. The van der Waals surface area contributed by atoms with Gasteiger partial charge < -0.3 is 10.6 Å². The molecule has 1 atom stereocenters. The summed E-state index contributed by atoms with van der Waals surface area (Å²) >= 11 is 0. The van der Waals surface area contributed by atoms with Gasteiger partial charge in [-0.3, -0.25) is 4.79 Å². The lowest BCUT2D eigenvalue weighted by molar-refractivity contribution is 0.102. The van der Waals surface area contributed by atoms with Crippen LogP contribution in [-0.4, -0.2) is 36.9 Å². The van der Waals surface area contributed by atoms with Gasteiger partial charge in [0.25, 0.3) is 5.91 Å². The monoisotopic (exact) mass is 373 g/mol. The van der Waals surface area contributed by atoms with Crippen LogP contribution in [0.5, 0.6) is 0 Å². The number of sulfone groups is 1. The summed E-state index contributed by atoms with van der Waals surface area (Å²) in [5.41, 5.74) is 2.33. The van der Waals surface area contributed by atoms with Gasteiger partial charge in [-0.2, -0.15) is 0 Å². The Bertz CT molecular complexity index is 893. The van der Waals surface area contributed by atoms with Gasteiger partial charge in [0, 0.05) is 17.9 Å². The number of carbonyl (C=O) groups excluding carboxylic acids is 1. The fourth-order valence-electron chi connectivity index (χ4n) is 3.04. The zero-order valence-electron chi connectivity index (χ0n) is 14.9. The second-order valence-electron chi connectivity index (χ2n) is 6.87. The molecule has 2 heterocycles. The van der Waals surface area contributed by atoms with Gasteiger partial charge in [0.05, 0.1) is 17.1 Å². The predicted octanol–water partition coefficient (Wildman–Crippen LogP) is 3.06. The van der Waals surface area contributed by atoms with Gasteiger partial charge >= 0.3 is 0 Å². The first-order chi connectivity index (χ1) is 12.3. The number of pyridine rings is 1. The van der Waals surface area contributed by atoms with E-state index in [1.165, 1.54) is 6.20 Å². The van der Waals surface area contributed by atoms with E-state index in [2.05, 4.69) is 29.5 Å². The van der Waals surface area contributed by atoms with Crippen LogP contribution in [0, 0.1) is 0 Å². The molecule has 2 N–H and O–H groups in total. The standard InChI is InChI=1S/C19H23N3O3S/c1-13(2)16-5-3-4-6-17(16)22-19(23)14-7-8-18(20-11-14)21-15-9-10-26(24,25)12-15/h3-8,11,13,15H,9-10,12H2,1-2H3,(H,20,21)(H,22,23). The van der Waals surface area contributed by atoms with Gasteiger partial charge in [0.2, 0.25) is 0 Å². The Morgan fingerprint density at radius 3 is 2.58 bits per heavy atom. The largest absolute Gasteiger partial charge is 0.366 e. The van der Waals surface area contributed by atoms with Gasteiger partial charge in [-0.25, -0.2) is 13.4 Å². The van der Waals surface area contributed by atoms with E-state index in [1.54, 1.807) is 12.1 Å². The summed E-state index contributed by atoms with van der Waals surface area (Å²) in [6.07, 6.45) is 2.08. The molecule has 0 aliphatic carbocycles. The number of aromatic nitrogens is 1. The van der Waals surface area contributed by atoms with Crippen LogP contribution in [-0.2, 0) is 9.84 Å². The molecule has 1 amide bonds. The maximum atomic E-state index is 12.5. The van der Waals surface area contributed by atoms with Crippen LogP contribution in [0.3, 0.4) is 0 Å². The number of hydrogen-bond acceptors (Lipinski definition) is 5. The molecule has 1 saturated heterocycles. The van der Waals surface area contributed by atoms with Crippen LogP contribution in [0.15, 0.2) is 42.6 Å². The average molecular weight is 373 g/mol. The van der Waals surface area contributed by atoms with Crippen LogP contribution in [0.4, 0.5) is 11.5 Å². The summed E-state index contributed by atoms with van der Waals surface area (Å²) in [4.78, 5) is 16.7. The number of nitrogens with one attached hydrogen (secondary N) is 2. The number of rotatable bonds is 5. The van der Waals surface area contributed by atoms with E-state index in [0.29, 0.717) is 23.7 Å². The van der Waals surface area contributed by atoms with Crippen molar-refractivity contribution >= 4 is 27.2 Å². The Morgan fingerprint density at radius 1 is 1.19 bits per heavy atom. The number of nitrogens with zero attached hydrogens (tertiary/aromatic N) is 1. The van der Waals surface area contributed by atoms with Crippen molar-refractivity contribution in [3.63, 3.8) is 0 Å². The van der Waals surface area contributed by atoms with Gasteiger partial charge in [-0.05, 0) is 36.1 Å². The van der Waals surface area contributed by atoms with Crippen molar-refractivity contribution in [3.05, 3.63) is 53.7 Å². The molecular formula is C19H23N3O3S. The SMILES string of the molecule is CC(C)c1ccccc1NC(=O)c1ccc(NC2CCS(=O)(=O)C2)nc1. The van der Waals surface area contributed by atoms with Gasteiger partial charge in [0.15, 0.2) is 9.84 Å². The molecule has 1 fully saturated rings. The van der Waals surface area contributed by atoms with Crippen LogP contribution >= 0.6 is 0 Å². The summed E-state index contributed by atoms with van der Waals surface area (Å²) in [5.74, 6) is 0.995. The van der Waals surface area contributed by atoms with E-state index in [4.69, 9.17) is 0 Å². The van der Waals surface area contributed by atoms with Crippen molar-refractivity contribution < 1.29 is 13.2 Å². The summed E-state index contributed by atoms with van der Waals surface area (Å²) in [6, 6.07) is 11.0. The molecule has 1 aliphatic rings. The topological polar surface area (TPSA) is 88.2 Å². The highest BCUT2D eigenvalue weighted by atomic mass is 32.2. The number of para-hydroxylation sites is 1. The minimum atomic E-state index is -2.94. The maximum absolute atomic E-state index is 12.5. The predicted molar refractivity (Wildman–Crippen MR) is 103 cm³/mol. The van der Waals surface area contributed by atoms with Gasteiger partial charge in [0.1, 0.15) is 5.82 Å². The lowest BCUT2D eigenvalue weighted by Gasteiger charge is -2.14. The second kappa shape index (κ2) is 7.45. The van der Waals surface area contributed by atoms with E-state index < -0.39 is 9.84 Å². The van der Waals surface area contributed by atoms with Crippen molar-refractivity contribution in [1.29, 1.82) is 0 Å². The first kappa shape index (κ1) is 18.4. The van der Waals surface area contributed by atoms with Gasteiger partial charge in [-0.15, -0.1) is 0 Å². The molecule has 2 aromatic rings. The fourth-order valence-corrected chi connectivity index (χ4v) is 4.71. The summed E-state index contributed by atoms with van der Waals surface area (Å²) < 4.78 is 23.0. The van der Waals surface area contributed by atoms with E-state index in [-0.39, 0.29) is 23.5 Å². The second-order valence-corrected chi connectivity index (χ2v) is 9.10. The minimum Gasteiger partial charge on any atom is -0.366 e.